The van der Waals surface area contributed by atoms with Crippen molar-refractivity contribution < 1.29 is 9.13 Å². The fraction of sp³-hybridized carbons (Fsp3) is 0.440. The van der Waals surface area contributed by atoms with E-state index in [0.717, 1.165) is 11.5 Å². The molecule has 1 nitrogen and oxygen atoms in total. The summed E-state index contributed by atoms with van der Waals surface area (Å²) in [6.07, 6.45) is 9.24. The molecule has 144 valence electrons. The van der Waals surface area contributed by atoms with E-state index in [9.17, 15) is 4.39 Å². The first-order valence-corrected chi connectivity index (χ1v) is 10.3. The average Bonchev–Trinajstić information content (AvgIpc) is 2.71. The molecule has 1 atom stereocenters. The highest BCUT2D eigenvalue weighted by Gasteiger charge is 2.23. The lowest BCUT2D eigenvalue weighted by Gasteiger charge is -2.29. The number of hydrogen-bond donors (Lipinski definition) is 0. The Balaban J connectivity index is 1.74. The van der Waals surface area contributed by atoms with E-state index in [-0.39, 0.29) is 5.82 Å². The molecule has 0 heterocycles. The molecule has 27 heavy (non-hydrogen) atoms. The molecule has 1 unspecified atom stereocenters. The highest BCUT2D eigenvalue weighted by Crippen LogP contribution is 2.38. The molecular weight excluding hydrogens is 335 g/mol. The Morgan fingerprint density at radius 1 is 1.07 bits per heavy atom. The van der Waals surface area contributed by atoms with Gasteiger partial charge in [0.05, 0.1) is 6.61 Å². The zero-order valence-corrected chi connectivity index (χ0v) is 16.4. The summed E-state index contributed by atoms with van der Waals surface area (Å²) in [4.78, 5) is 0. The average molecular weight is 367 g/mol. The van der Waals surface area contributed by atoms with Crippen LogP contribution in [0.4, 0.5) is 4.39 Å². The predicted molar refractivity (Wildman–Crippen MR) is 110 cm³/mol. The highest BCUT2D eigenvalue weighted by atomic mass is 19.1. The topological polar surface area (TPSA) is 9.23 Å². The molecule has 1 fully saturated rings. The van der Waals surface area contributed by atoms with Crippen LogP contribution >= 0.6 is 0 Å². The van der Waals surface area contributed by atoms with Gasteiger partial charge in [-0.25, -0.2) is 4.39 Å². The van der Waals surface area contributed by atoms with E-state index in [1.165, 1.54) is 50.2 Å². The summed E-state index contributed by atoms with van der Waals surface area (Å²) in [6, 6.07) is 15.5. The summed E-state index contributed by atoms with van der Waals surface area (Å²) in [6.45, 7) is 6.39. The Labute approximate surface area is 163 Å². The van der Waals surface area contributed by atoms with Crippen molar-refractivity contribution in [3.8, 4) is 0 Å². The maximum atomic E-state index is 14.3. The highest BCUT2D eigenvalue weighted by molar-refractivity contribution is 5.34. The van der Waals surface area contributed by atoms with Gasteiger partial charge in [-0.3, -0.25) is 0 Å². The first kappa shape index (κ1) is 19.8. The van der Waals surface area contributed by atoms with Crippen LogP contribution in [-0.4, -0.2) is 6.61 Å². The van der Waals surface area contributed by atoms with Gasteiger partial charge >= 0.3 is 0 Å². The van der Waals surface area contributed by atoms with Crippen LogP contribution in [0.5, 0.6) is 0 Å². The van der Waals surface area contributed by atoms with Gasteiger partial charge in [-0.05, 0) is 54.7 Å². The third kappa shape index (κ3) is 5.07. The second-order valence-electron chi connectivity index (χ2n) is 7.70. The van der Waals surface area contributed by atoms with E-state index in [1.807, 2.05) is 6.07 Å². The summed E-state index contributed by atoms with van der Waals surface area (Å²) < 4.78 is 20.2. The van der Waals surface area contributed by atoms with Crippen LogP contribution in [0.2, 0.25) is 0 Å². The Morgan fingerprint density at radius 3 is 2.41 bits per heavy atom. The standard InChI is InChI=1S/C25H31FO/c1-3-7-19-10-12-20(13-11-19)21-14-16-22(17-15-21)25(27-18-4-2)23-8-5-6-9-24(23)26/h4-6,8-9,14-17,19-20,25H,2-3,7,10-13,18H2,1H3/t19-,20-,25?. The van der Waals surface area contributed by atoms with Gasteiger partial charge in [0.15, 0.2) is 0 Å². The molecule has 0 amide bonds. The minimum atomic E-state index is -0.404. The van der Waals surface area contributed by atoms with Crippen molar-refractivity contribution in [2.24, 2.45) is 5.92 Å². The summed E-state index contributed by atoms with van der Waals surface area (Å²) in [5.41, 5.74) is 2.97. The van der Waals surface area contributed by atoms with Gasteiger partial charge in [-0.2, -0.15) is 0 Å². The van der Waals surface area contributed by atoms with Gasteiger partial charge in [0.25, 0.3) is 0 Å². The maximum Gasteiger partial charge on any atom is 0.129 e. The third-order valence-corrected chi connectivity index (χ3v) is 5.82. The zero-order chi connectivity index (χ0) is 19.1. The number of ether oxygens (including phenoxy) is 1. The van der Waals surface area contributed by atoms with Crippen LogP contribution in [0.3, 0.4) is 0 Å². The normalized spacial score (nSPS) is 21.0. The van der Waals surface area contributed by atoms with E-state index in [1.54, 1.807) is 18.2 Å². The van der Waals surface area contributed by atoms with E-state index in [4.69, 9.17) is 4.74 Å². The molecule has 0 spiro atoms. The quantitative estimate of drug-likeness (QED) is 0.449. The molecule has 0 N–H and O–H groups in total. The van der Waals surface area contributed by atoms with Gasteiger partial charge in [0.1, 0.15) is 11.9 Å². The van der Waals surface area contributed by atoms with Gasteiger partial charge < -0.3 is 4.74 Å². The fourth-order valence-corrected chi connectivity index (χ4v) is 4.35. The summed E-state index contributed by atoms with van der Waals surface area (Å²) in [5, 5.41) is 0. The van der Waals surface area contributed by atoms with E-state index < -0.39 is 6.10 Å². The lowest BCUT2D eigenvalue weighted by atomic mass is 9.77. The SMILES string of the molecule is C=CCOC(c1ccc([C@H]2CC[C@H](CCC)CC2)cc1)c1ccccc1F. The molecule has 3 rings (SSSR count). The molecule has 0 radical (unpaired) electrons. The molecule has 0 bridgehead atoms. The molecule has 0 aliphatic heterocycles. The van der Waals surface area contributed by atoms with Crippen LogP contribution in [0.25, 0.3) is 0 Å². The van der Waals surface area contributed by atoms with Crippen molar-refractivity contribution in [1.29, 1.82) is 0 Å². The number of hydrogen-bond acceptors (Lipinski definition) is 1. The van der Waals surface area contributed by atoms with Crippen molar-refractivity contribution in [3.63, 3.8) is 0 Å². The predicted octanol–water partition coefficient (Wildman–Crippen LogP) is 7.19. The van der Waals surface area contributed by atoms with E-state index in [2.05, 4.69) is 37.8 Å². The number of halogens is 1. The minimum absolute atomic E-state index is 0.232. The largest absolute Gasteiger partial charge is 0.365 e. The lowest BCUT2D eigenvalue weighted by Crippen LogP contribution is -2.13. The Kier molecular flexibility index (Phi) is 7.23. The van der Waals surface area contributed by atoms with Gasteiger partial charge in [0, 0.05) is 5.56 Å². The van der Waals surface area contributed by atoms with Crippen molar-refractivity contribution in [2.75, 3.05) is 6.61 Å². The zero-order valence-electron chi connectivity index (χ0n) is 16.4. The maximum absolute atomic E-state index is 14.3. The van der Waals surface area contributed by atoms with E-state index in [0.29, 0.717) is 18.1 Å². The fourth-order valence-electron chi connectivity index (χ4n) is 4.35. The number of benzene rings is 2. The van der Waals surface area contributed by atoms with Crippen LogP contribution < -0.4 is 0 Å². The van der Waals surface area contributed by atoms with Crippen molar-refractivity contribution >= 4 is 0 Å². The minimum Gasteiger partial charge on any atom is -0.365 e. The van der Waals surface area contributed by atoms with Crippen molar-refractivity contribution in [3.05, 3.63) is 83.7 Å². The van der Waals surface area contributed by atoms with Crippen LogP contribution in [-0.2, 0) is 4.74 Å². The molecule has 2 aromatic rings. The monoisotopic (exact) mass is 366 g/mol. The van der Waals surface area contributed by atoms with Crippen LogP contribution in [0.1, 0.15) is 74.2 Å². The molecule has 0 aromatic heterocycles. The van der Waals surface area contributed by atoms with Crippen molar-refractivity contribution in [2.45, 2.75) is 57.5 Å². The molecule has 2 aromatic carbocycles. The first-order chi connectivity index (χ1) is 13.2. The molecule has 0 saturated heterocycles. The summed E-state index contributed by atoms with van der Waals surface area (Å²) >= 11 is 0. The molecule has 1 saturated carbocycles. The van der Waals surface area contributed by atoms with Gasteiger partial charge in [-0.1, -0.05) is 68.3 Å². The Hall–Kier alpha value is -1.93. The molecule has 1 aliphatic rings. The second-order valence-corrected chi connectivity index (χ2v) is 7.70. The Morgan fingerprint density at radius 2 is 1.78 bits per heavy atom. The van der Waals surface area contributed by atoms with Crippen LogP contribution in [0, 0.1) is 11.7 Å². The van der Waals surface area contributed by atoms with Crippen LogP contribution in [0.15, 0.2) is 61.2 Å². The van der Waals surface area contributed by atoms with Gasteiger partial charge in [0.2, 0.25) is 0 Å². The lowest BCUT2D eigenvalue weighted by molar-refractivity contribution is 0.101. The van der Waals surface area contributed by atoms with E-state index >= 15 is 0 Å². The third-order valence-electron chi connectivity index (χ3n) is 5.82. The Bertz CT molecular complexity index is 713. The molecule has 2 heteroatoms. The smallest absolute Gasteiger partial charge is 0.129 e. The first-order valence-electron chi connectivity index (χ1n) is 10.3. The van der Waals surface area contributed by atoms with Gasteiger partial charge in [-0.15, -0.1) is 6.58 Å². The summed E-state index contributed by atoms with van der Waals surface area (Å²) in [5.74, 6) is 1.35. The molecular formula is C25H31FO. The number of rotatable bonds is 8. The second kappa shape index (κ2) is 9.85. The molecule has 1 aliphatic carbocycles. The van der Waals surface area contributed by atoms with Crippen molar-refractivity contribution in [1.82, 2.24) is 0 Å². The summed E-state index contributed by atoms with van der Waals surface area (Å²) in [7, 11) is 0.